The van der Waals surface area contributed by atoms with Crippen molar-refractivity contribution in [2.75, 3.05) is 32.1 Å². The Hall–Kier alpha value is -1.88. The Bertz CT molecular complexity index is 656. The van der Waals surface area contributed by atoms with Crippen molar-refractivity contribution < 1.29 is 0 Å². The van der Waals surface area contributed by atoms with E-state index in [4.69, 9.17) is 0 Å². The Morgan fingerprint density at radius 1 is 1.35 bits per heavy atom. The van der Waals surface area contributed by atoms with Crippen molar-refractivity contribution in [3.8, 4) is 0 Å². The third kappa shape index (κ3) is 2.41. The van der Waals surface area contributed by atoms with Crippen LogP contribution in [0, 0.1) is 0 Å². The molecule has 5 nitrogen and oxygen atoms in total. The zero-order valence-corrected chi connectivity index (χ0v) is 12.0. The van der Waals surface area contributed by atoms with Crippen LogP contribution < -0.4 is 10.5 Å². The molecule has 1 saturated heterocycles. The molecule has 0 bridgehead atoms. The number of hydrogen-bond acceptors (Lipinski definition) is 4. The minimum Gasteiger partial charge on any atom is -0.358 e. The Morgan fingerprint density at radius 2 is 2.10 bits per heavy atom. The van der Waals surface area contributed by atoms with Gasteiger partial charge in [0, 0.05) is 31.4 Å². The molecule has 0 atom stereocenters. The lowest BCUT2D eigenvalue weighted by Gasteiger charge is -2.36. The van der Waals surface area contributed by atoms with Gasteiger partial charge < -0.3 is 14.8 Å². The van der Waals surface area contributed by atoms with Crippen LogP contribution in [0.5, 0.6) is 0 Å². The molecule has 3 heterocycles. The Morgan fingerprint density at radius 3 is 2.80 bits per heavy atom. The zero-order valence-electron chi connectivity index (χ0n) is 12.0. The van der Waals surface area contributed by atoms with Gasteiger partial charge >= 0.3 is 0 Å². The van der Waals surface area contributed by atoms with Crippen LogP contribution in [0.15, 0.2) is 29.2 Å². The number of hydrogen-bond donors (Lipinski definition) is 1. The number of rotatable bonds is 2. The van der Waals surface area contributed by atoms with Crippen molar-refractivity contribution >= 4 is 16.7 Å². The predicted molar refractivity (Wildman–Crippen MR) is 81.3 cm³/mol. The number of H-pyrrole nitrogens is 1. The highest BCUT2D eigenvalue weighted by atomic mass is 16.1. The molecule has 1 N–H and O–H groups in total. The van der Waals surface area contributed by atoms with Crippen LogP contribution in [0.4, 0.5) is 5.82 Å². The van der Waals surface area contributed by atoms with Gasteiger partial charge in [-0.15, -0.1) is 0 Å². The summed E-state index contributed by atoms with van der Waals surface area (Å²) in [6.07, 6.45) is 3.97. The van der Waals surface area contributed by atoms with Gasteiger partial charge in [-0.25, -0.2) is 0 Å². The van der Waals surface area contributed by atoms with Crippen LogP contribution in [0.25, 0.3) is 10.9 Å². The summed E-state index contributed by atoms with van der Waals surface area (Å²) < 4.78 is 0. The third-order valence-electron chi connectivity index (χ3n) is 4.13. The van der Waals surface area contributed by atoms with Crippen molar-refractivity contribution in [2.24, 2.45) is 0 Å². The van der Waals surface area contributed by atoms with Crippen LogP contribution in [0.3, 0.4) is 0 Å². The van der Waals surface area contributed by atoms with Gasteiger partial charge in [0.05, 0.1) is 10.9 Å². The molecule has 106 valence electrons. The van der Waals surface area contributed by atoms with E-state index < -0.39 is 0 Å². The largest absolute Gasteiger partial charge is 0.358 e. The maximum atomic E-state index is 12.1. The quantitative estimate of drug-likeness (QED) is 0.899. The van der Waals surface area contributed by atoms with Gasteiger partial charge in [-0.1, -0.05) is 0 Å². The summed E-state index contributed by atoms with van der Waals surface area (Å²) in [6, 6.07) is 6.21. The number of pyridine rings is 2. The lowest BCUT2D eigenvalue weighted by Crippen LogP contribution is -2.42. The van der Waals surface area contributed by atoms with Crippen LogP contribution in [-0.4, -0.2) is 48.1 Å². The van der Waals surface area contributed by atoms with E-state index >= 15 is 0 Å². The van der Waals surface area contributed by atoms with E-state index in [2.05, 4.69) is 33.9 Å². The lowest BCUT2D eigenvalue weighted by molar-refractivity contribution is 0.249. The zero-order chi connectivity index (χ0) is 14.1. The molecule has 0 radical (unpaired) electrons. The van der Waals surface area contributed by atoms with Gasteiger partial charge in [-0.3, -0.25) is 9.78 Å². The number of aromatic nitrogens is 2. The molecule has 1 aliphatic heterocycles. The number of anilines is 1. The monoisotopic (exact) mass is 272 g/mol. The summed E-state index contributed by atoms with van der Waals surface area (Å²) in [7, 11) is 4.25. The topological polar surface area (TPSA) is 52.2 Å². The van der Waals surface area contributed by atoms with E-state index in [9.17, 15) is 4.79 Å². The molecule has 20 heavy (non-hydrogen) atoms. The molecule has 0 saturated carbocycles. The highest BCUT2D eigenvalue weighted by Crippen LogP contribution is 2.21. The highest BCUT2D eigenvalue weighted by Gasteiger charge is 2.21. The molecule has 1 fully saturated rings. The minimum absolute atomic E-state index is 0.0552. The summed E-state index contributed by atoms with van der Waals surface area (Å²) in [6.45, 7) is 1.94. The fourth-order valence-electron chi connectivity index (χ4n) is 2.87. The van der Waals surface area contributed by atoms with Gasteiger partial charge in [-0.05, 0) is 39.1 Å². The number of nitrogens with zero attached hydrogens (tertiary/aromatic N) is 3. The molecule has 0 aliphatic carbocycles. The first-order valence-corrected chi connectivity index (χ1v) is 7.04. The second kappa shape index (κ2) is 5.25. The van der Waals surface area contributed by atoms with Gasteiger partial charge in [0.25, 0.3) is 5.56 Å². The first-order valence-electron chi connectivity index (χ1n) is 7.04. The van der Waals surface area contributed by atoms with Crippen molar-refractivity contribution in [2.45, 2.75) is 18.9 Å². The maximum absolute atomic E-state index is 12.1. The Balaban J connectivity index is 1.87. The second-order valence-electron chi connectivity index (χ2n) is 5.60. The summed E-state index contributed by atoms with van der Waals surface area (Å²) in [5.41, 5.74) is 0.710. The van der Waals surface area contributed by atoms with E-state index in [1.165, 1.54) is 0 Å². The Labute approximate surface area is 118 Å². The first-order chi connectivity index (χ1) is 9.65. The summed E-state index contributed by atoms with van der Waals surface area (Å²) >= 11 is 0. The average molecular weight is 272 g/mol. The molecule has 3 rings (SSSR count). The first kappa shape index (κ1) is 13.1. The van der Waals surface area contributed by atoms with E-state index in [1.54, 1.807) is 12.3 Å². The van der Waals surface area contributed by atoms with Crippen molar-refractivity contribution in [3.05, 3.63) is 34.7 Å². The fraction of sp³-hybridized carbons (Fsp3) is 0.467. The highest BCUT2D eigenvalue weighted by molar-refractivity contribution is 5.79. The summed E-state index contributed by atoms with van der Waals surface area (Å²) in [5, 5.41) is 0.652. The molecule has 1 aliphatic rings. The van der Waals surface area contributed by atoms with Crippen LogP contribution in [-0.2, 0) is 0 Å². The van der Waals surface area contributed by atoms with E-state index in [0.29, 0.717) is 11.4 Å². The normalized spacial score (nSPS) is 17.1. The lowest BCUT2D eigenvalue weighted by atomic mass is 10.0. The molecule has 0 unspecified atom stereocenters. The molecular formula is C15H20N4O. The van der Waals surface area contributed by atoms with Crippen molar-refractivity contribution in [3.63, 3.8) is 0 Å². The SMILES string of the molecule is CN(C)C1CCN(c2cc3ncccc3c(=O)[nH]2)CC1. The predicted octanol–water partition coefficient (Wildman–Crippen LogP) is 1.45. The molecule has 0 aromatic carbocycles. The molecule has 0 amide bonds. The fourth-order valence-corrected chi connectivity index (χ4v) is 2.87. The summed E-state index contributed by atoms with van der Waals surface area (Å²) in [4.78, 5) is 23.9. The van der Waals surface area contributed by atoms with Gasteiger partial charge in [-0.2, -0.15) is 0 Å². The minimum atomic E-state index is -0.0552. The van der Waals surface area contributed by atoms with Crippen molar-refractivity contribution in [1.29, 1.82) is 0 Å². The van der Waals surface area contributed by atoms with E-state index in [-0.39, 0.29) is 5.56 Å². The number of piperidine rings is 1. The molecule has 2 aromatic heterocycles. The van der Waals surface area contributed by atoms with Gasteiger partial charge in [0.1, 0.15) is 5.82 Å². The van der Waals surface area contributed by atoms with Gasteiger partial charge in [0.2, 0.25) is 0 Å². The van der Waals surface area contributed by atoms with Crippen molar-refractivity contribution in [1.82, 2.24) is 14.9 Å². The van der Waals surface area contributed by atoms with E-state index in [1.807, 2.05) is 12.1 Å². The van der Waals surface area contributed by atoms with Gasteiger partial charge in [0.15, 0.2) is 0 Å². The Kier molecular flexibility index (Phi) is 3.44. The maximum Gasteiger partial charge on any atom is 0.258 e. The average Bonchev–Trinajstić information content (AvgIpc) is 2.47. The molecular weight excluding hydrogens is 252 g/mol. The van der Waals surface area contributed by atoms with Crippen LogP contribution in [0.2, 0.25) is 0 Å². The molecule has 5 heteroatoms. The smallest absolute Gasteiger partial charge is 0.258 e. The number of nitrogens with one attached hydrogen (secondary N) is 1. The molecule has 0 spiro atoms. The third-order valence-corrected chi connectivity index (χ3v) is 4.13. The number of fused-ring (bicyclic) bond motifs is 1. The van der Waals surface area contributed by atoms with Crippen LogP contribution in [0.1, 0.15) is 12.8 Å². The second-order valence-corrected chi connectivity index (χ2v) is 5.60. The molecule has 2 aromatic rings. The van der Waals surface area contributed by atoms with E-state index in [0.717, 1.165) is 37.3 Å². The standard InChI is InChI=1S/C15H20N4O/c1-18(2)11-5-8-19(9-6-11)14-10-13-12(15(20)17-14)4-3-7-16-13/h3-4,7,10-11H,5-6,8-9H2,1-2H3,(H,17,20). The number of aromatic amines is 1. The van der Waals surface area contributed by atoms with Crippen LogP contribution >= 0.6 is 0 Å². The summed E-state index contributed by atoms with van der Waals surface area (Å²) in [5.74, 6) is 0.887.